The van der Waals surface area contributed by atoms with E-state index in [1.54, 1.807) is 24.3 Å². The van der Waals surface area contributed by atoms with Crippen molar-refractivity contribution in [2.45, 2.75) is 12.6 Å². The van der Waals surface area contributed by atoms with Crippen LogP contribution in [0.3, 0.4) is 0 Å². The molecule has 0 atom stereocenters. The lowest BCUT2D eigenvalue weighted by Gasteiger charge is -2.22. The SMILES string of the molecule is Nc1cccc2c1OC(c1ccccc1C(F)(F)F)=CC2. The second-order valence-electron chi connectivity index (χ2n) is 4.75. The number of hydrogen-bond acceptors (Lipinski definition) is 2. The third-order valence-electron chi connectivity index (χ3n) is 3.34. The molecule has 0 saturated heterocycles. The van der Waals surface area contributed by atoms with Crippen molar-refractivity contribution < 1.29 is 17.9 Å². The van der Waals surface area contributed by atoms with Gasteiger partial charge in [0.1, 0.15) is 5.76 Å². The van der Waals surface area contributed by atoms with Gasteiger partial charge in [-0.25, -0.2) is 0 Å². The average Bonchev–Trinajstić information content (AvgIpc) is 2.46. The van der Waals surface area contributed by atoms with Crippen molar-refractivity contribution in [2.24, 2.45) is 0 Å². The van der Waals surface area contributed by atoms with E-state index in [4.69, 9.17) is 10.5 Å². The molecule has 0 aliphatic carbocycles. The summed E-state index contributed by atoms with van der Waals surface area (Å²) in [7, 11) is 0. The molecule has 3 rings (SSSR count). The molecule has 5 heteroatoms. The molecule has 2 nitrogen and oxygen atoms in total. The molecule has 1 aliphatic heterocycles. The Bertz CT molecular complexity index is 720. The van der Waals surface area contributed by atoms with Gasteiger partial charge in [-0.05, 0) is 24.6 Å². The number of halogens is 3. The van der Waals surface area contributed by atoms with Crippen molar-refractivity contribution in [3.05, 3.63) is 65.2 Å². The normalized spacial score (nSPS) is 14.1. The van der Waals surface area contributed by atoms with Crippen LogP contribution in [0, 0.1) is 0 Å². The number of allylic oxidation sites excluding steroid dienone is 1. The van der Waals surface area contributed by atoms with E-state index in [1.807, 2.05) is 6.07 Å². The summed E-state index contributed by atoms with van der Waals surface area (Å²) in [5.74, 6) is 0.625. The van der Waals surface area contributed by atoms with Crippen molar-refractivity contribution in [3.63, 3.8) is 0 Å². The Morgan fingerprint density at radius 3 is 2.52 bits per heavy atom. The number of ether oxygens (including phenoxy) is 1. The molecule has 2 N–H and O–H groups in total. The number of alkyl halides is 3. The van der Waals surface area contributed by atoms with Crippen LogP contribution in [0.1, 0.15) is 16.7 Å². The fourth-order valence-corrected chi connectivity index (χ4v) is 2.35. The molecular formula is C16H12F3NO. The van der Waals surface area contributed by atoms with Gasteiger partial charge in [0.15, 0.2) is 5.75 Å². The molecule has 1 heterocycles. The van der Waals surface area contributed by atoms with Crippen LogP contribution < -0.4 is 10.5 Å². The molecule has 0 unspecified atom stereocenters. The first-order valence-corrected chi connectivity index (χ1v) is 6.39. The fraction of sp³-hybridized carbons (Fsp3) is 0.125. The van der Waals surface area contributed by atoms with Crippen LogP contribution >= 0.6 is 0 Å². The fourth-order valence-electron chi connectivity index (χ4n) is 2.35. The summed E-state index contributed by atoms with van der Waals surface area (Å²) in [6.07, 6.45) is -2.29. The predicted molar refractivity (Wildman–Crippen MR) is 74.6 cm³/mol. The van der Waals surface area contributed by atoms with Gasteiger partial charge in [0.05, 0.1) is 11.3 Å². The Balaban J connectivity index is 2.05. The standard InChI is InChI=1S/C16H12F3NO/c17-16(18,19)12-6-2-1-5-11(12)14-9-8-10-4-3-7-13(20)15(10)21-14/h1-7,9H,8,20H2. The second-order valence-corrected chi connectivity index (χ2v) is 4.75. The lowest BCUT2D eigenvalue weighted by molar-refractivity contribution is -0.137. The summed E-state index contributed by atoms with van der Waals surface area (Å²) in [4.78, 5) is 0. The van der Waals surface area contributed by atoms with Crippen molar-refractivity contribution in [2.75, 3.05) is 5.73 Å². The summed E-state index contributed by atoms with van der Waals surface area (Å²) < 4.78 is 44.8. The minimum Gasteiger partial charge on any atom is -0.455 e. The number of nitrogens with two attached hydrogens (primary N) is 1. The molecule has 0 bridgehead atoms. The zero-order chi connectivity index (χ0) is 15.0. The van der Waals surface area contributed by atoms with Crippen molar-refractivity contribution >= 4 is 11.4 Å². The Hall–Kier alpha value is -2.43. The van der Waals surface area contributed by atoms with E-state index < -0.39 is 11.7 Å². The Morgan fingerprint density at radius 2 is 1.76 bits per heavy atom. The van der Waals surface area contributed by atoms with Crippen molar-refractivity contribution in [1.82, 2.24) is 0 Å². The van der Waals surface area contributed by atoms with Crippen LogP contribution in [0.4, 0.5) is 18.9 Å². The number of hydrogen-bond donors (Lipinski definition) is 1. The van der Waals surface area contributed by atoms with E-state index in [1.165, 1.54) is 12.1 Å². The van der Waals surface area contributed by atoms with Gasteiger partial charge in [0, 0.05) is 11.1 Å². The van der Waals surface area contributed by atoms with Crippen LogP contribution in [0.5, 0.6) is 5.75 Å². The van der Waals surface area contributed by atoms with Gasteiger partial charge < -0.3 is 10.5 Å². The lowest BCUT2D eigenvalue weighted by atomic mass is 10.0. The van der Waals surface area contributed by atoms with Gasteiger partial charge in [0.2, 0.25) is 0 Å². The molecule has 21 heavy (non-hydrogen) atoms. The molecule has 0 amide bonds. The molecule has 0 aromatic heterocycles. The predicted octanol–water partition coefficient (Wildman–Crippen LogP) is 4.26. The van der Waals surface area contributed by atoms with Crippen molar-refractivity contribution in [1.29, 1.82) is 0 Å². The van der Waals surface area contributed by atoms with Crippen LogP contribution in [0.2, 0.25) is 0 Å². The maximum Gasteiger partial charge on any atom is 0.417 e. The summed E-state index contributed by atoms with van der Waals surface area (Å²) in [6, 6.07) is 10.7. The van der Waals surface area contributed by atoms with E-state index >= 15 is 0 Å². The van der Waals surface area contributed by atoms with Crippen LogP contribution in [0.15, 0.2) is 48.5 Å². The summed E-state index contributed by atoms with van der Waals surface area (Å²) >= 11 is 0. The van der Waals surface area contributed by atoms with E-state index in [0.29, 0.717) is 17.9 Å². The largest absolute Gasteiger partial charge is 0.455 e. The molecule has 1 aliphatic rings. The molecule has 0 saturated carbocycles. The summed E-state index contributed by atoms with van der Waals surface area (Å²) in [5, 5.41) is 0. The average molecular weight is 291 g/mol. The van der Waals surface area contributed by atoms with E-state index in [0.717, 1.165) is 11.6 Å². The molecule has 0 spiro atoms. The summed E-state index contributed by atoms with van der Waals surface area (Å²) in [5.41, 5.74) is 6.43. The molecule has 0 fully saturated rings. The highest BCUT2D eigenvalue weighted by molar-refractivity contribution is 5.71. The van der Waals surface area contributed by atoms with E-state index in [9.17, 15) is 13.2 Å². The molecule has 0 radical (unpaired) electrons. The van der Waals surface area contributed by atoms with Crippen LogP contribution in [0.25, 0.3) is 5.76 Å². The van der Waals surface area contributed by atoms with Crippen molar-refractivity contribution in [3.8, 4) is 5.75 Å². The van der Waals surface area contributed by atoms with Gasteiger partial charge in [-0.1, -0.05) is 30.3 Å². The molecular weight excluding hydrogens is 279 g/mol. The number of nitrogen functional groups attached to an aromatic ring is 1. The molecule has 108 valence electrons. The van der Waals surface area contributed by atoms with Gasteiger partial charge >= 0.3 is 6.18 Å². The minimum atomic E-state index is -4.43. The number of benzene rings is 2. The first kappa shape index (κ1) is 13.5. The minimum absolute atomic E-state index is 0.0268. The summed E-state index contributed by atoms with van der Waals surface area (Å²) in [6.45, 7) is 0. The van der Waals surface area contributed by atoms with E-state index in [-0.39, 0.29) is 11.3 Å². The van der Waals surface area contributed by atoms with Crippen LogP contribution in [-0.4, -0.2) is 0 Å². The number of para-hydroxylation sites is 1. The number of fused-ring (bicyclic) bond motifs is 1. The molecule has 2 aromatic rings. The first-order chi connectivity index (χ1) is 9.97. The highest BCUT2D eigenvalue weighted by Crippen LogP contribution is 2.39. The second kappa shape index (κ2) is 4.84. The van der Waals surface area contributed by atoms with E-state index in [2.05, 4.69) is 0 Å². The van der Waals surface area contributed by atoms with Gasteiger partial charge in [-0.15, -0.1) is 0 Å². The zero-order valence-electron chi connectivity index (χ0n) is 10.9. The topological polar surface area (TPSA) is 35.2 Å². The van der Waals surface area contributed by atoms with Gasteiger partial charge in [0.25, 0.3) is 0 Å². The Kier molecular flexibility index (Phi) is 3.12. The third kappa shape index (κ3) is 2.46. The Morgan fingerprint density at radius 1 is 1.00 bits per heavy atom. The Labute approximate surface area is 119 Å². The highest BCUT2D eigenvalue weighted by atomic mass is 19.4. The maximum atomic E-state index is 13.1. The first-order valence-electron chi connectivity index (χ1n) is 6.39. The highest BCUT2D eigenvalue weighted by Gasteiger charge is 2.34. The van der Waals surface area contributed by atoms with Gasteiger partial charge in [-0.3, -0.25) is 0 Å². The van der Waals surface area contributed by atoms with Gasteiger partial charge in [-0.2, -0.15) is 13.2 Å². The quantitative estimate of drug-likeness (QED) is 0.797. The number of rotatable bonds is 1. The third-order valence-corrected chi connectivity index (χ3v) is 3.34. The smallest absolute Gasteiger partial charge is 0.417 e. The lowest BCUT2D eigenvalue weighted by Crippen LogP contribution is -2.13. The molecule has 2 aromatic carbocycles. The maximum absolute atomic E-state index is 13.1. The van der Waals surface area contributed by atoms with Crippen LogP contribution in [-0.2, 0) is 12.6 Å². The monoisotopic (exact) mass is 291 g/mol. The number of anilines is 1. The zero-order valence-corrected chi connectivity index (χ0v) is 10.9.